The molecule has 16 heavy (non-hydrogen) atoms. The molecule has 0 amide bonds. The SMILES string of the molecule is CC1CCC(CN)(N[S@@](=O)C(C)(C)C)CC1. The van der Waals surface area contributed by atoms with Crippen LogP contribution in [-0.4, -0.2) is 21.0 Å². The lowest BCUT2D eigenvalue weighted by Gasteiger charge is -2.40. The van der Waals surface area contributed by atoms with Gasteiger partial charge in [-0.25, -0.2) is 8.93 Å². The summed E-state index contributed by atoms with van der Waals surface area (Å²) < 4.78 is 15.2. The van der Waals surface area contributed by atoms with E-state index in [9.17, 15) is 4.21 Å². The third-order valence-electron chi connectivity index (χ3n) is 3.49. The van der Waals surface area contributed by atoms with Crippen LogP contribution in [0.4, 0.5) is 0 Å². The molecule has 0 saturated heterocycles. The zero-order valence-electron chi connectivity index (χ0n) is 11.0. The summed E-state index contributed by atoms with van der Waals surface area (Å²) in [7, 11) is -1.02. The van der Waals surface area contributed by atoms with E-state index >= 15 is 0 Å². The van der Waals surface area contributed by atoms with Gasteiger partial charge in [0.15, 0.2) is 0 Å². The van der Waals surface area contributed by atoms with Crippen LogP contribution in [0.3, 0.4) is 0 Å². The van der Waals surface area contributed by atoms with Gasteiger partial charge in [0.25, 0.3) is 0 Å². The van der Waals surface area contributed by atoms with Crippen LogP contribution in [0.5, 0.6) is 0 Å². The molecule has 0 unspecified atom stereocenters. The zero-order valence-corrected chi connectivity index (χ0v) is 11.8. The van der Waals surface area contributed by atoms with Crippen LogP contribution in [0.15, 0.2) is 0 Å². The summed E-state index contributed by atoms with van der Waals surface area (Å²) in [5.41, 5.74) is 5.79. The van der Waals surface area contributed by atoms with Crippen LogP contribution < -0.4 is 10.5 Å². The molecule has 0 aromatic heterocycles. The average molecular weight is 246 g/mol. The largest absolute Gasteiger partial charge is 0.329 e. The van der Waals surface area contributed by atoms with E-state index in [0.29, 0.717) is 6.54 Å². The topological polar surface area (TPSA) is 55.1 Å². The Labute approximate surface area is 102 Å². The van der Waals surface area contributed by atoms with Crippen molar-refractivity contribution in [2.45, 2.75) is 63.7 Å². The maximum absolute atomic E-state index is 12.1. The highest BCUT2D eigenvalue weighted by Gasteiger charge is 2.36. The molecule has 3 N–H and O–H groups in total. The van der Waals surface area contributed by atoms with E-state index in [0.717, 1.165) is 18.8 Å². The van der Waals surface area contributed by atoms with E-state index in [1.54, 1.807) is 0 Å². The first-order chi connectivity index (χ1) is 7.29. The van der Waals surface area contributed by atoms with Gasteiger partial charge < -0.3 is 5.73 Å². The lowest BCUT2D eigenvalue weighted by atomic mass is 9.78. The first-order valence-electron chi connectivity index (χ1n) is 6.19. The van der Waals surface area contributed by atoms with Crippen LogP contribution in [0.1, 0.15) is 53.4 Å². The van der Waals surface area contributed by atoms with E-state index < -0.39 is 11.0 Å². The molecule has 1 rings (SSSR count). The second kappa shape index (κ2) is 5.15. The highest BCUT2D eigenvalue weighted by atomic mass is 32.2. The summed E-state index contributed by atoms with van der Waals surface area (Å²) in [5.74, 6) is 0.782. The zero-order chi connectivity index (χ0) is 12.4. The third-order valence-corrected chi connectivity index (χ3v) is 5.22. The second-order valence-corrected chi connectivity index (χ2v) is 8.12. The van der Waals surface area contributed by atoms with E-state index in [2.05, 4.69) is 11.6 Å². The Kier molecular flexibility index (Phi) is 4.55. The molecule has 0 aliphatic heterocycles. The van der Waals surface area contributed by atoms with E-state index in [1.165, 1.54) is 12.8 Å². The summed E-state index contributed by atoms with van der Waals surface area (Å²) in [4.78, 5) is 0. The number of hydrogen-bond acceptors (Lipinski definition) is 2. The van der Waals surface area contributed by atoms with Crippen molar-refractivity contribution in [2.75, 3.05) is 6.54 Å². The molecular formula is C12H26N2OS. The van der Waals surface area contributed by atoms with Crippen LogP contribution >= 0.6 is 0 Å². The third kappa shape index (κ3) is 3.54. The summed E-state index contributed by atoms with van der Waals surface area (Å²) in [6.45, 7) is 8.84. The van der Waals surface area contributed by atoms with Crippen molar-refractivity contribution in [1.29, 1.82) is 0 Å². The predicted molar refractivity (Wildman–Crippen MR) is 70.4 cm³/mol. The summed E-state index contributed by atoms with van der Waals surface area (Å²) in [6, 6.07) is 0. The highest BCUT2D eigenvalue weighted by molar-refractivity contribution is 7.84. The molecule has 4 heteroatoms. The summed E-state index contributed by atoms with van der Waals surface area (Å²) >= 11 is 0. The molecule has 0 aromatic carbocycles. The van der Waals surface area contributed by atoms with Gasteiger partial charge in [0.2, 0.25) is 0 Å². The molecule has 0 radical (unpaired) electrons. The first-order valence-corrected chi connectivity index (χ1v) is 7.34. The van der Waals surface area contributed by atoms with Gasteiger partial charge >= 0.3 is 0 Å². The van der Waals surface area contributed by atoms with E-state index in [-0.39, 0.29) is 10.3 Å². The number of hydrogen-bond donors (Lipinski definition) is 2. The number of rotatable bonds is 3. The first kappa shape index (κ1) is 14.1. The molecule has 0 heterocycles. The smallest absolute Gasteiger partial charge is 0.0975 e. The second-order valence-electron chi connectivity index (χ2n) is 6.15. The summed E-state index contributed by atoms with van der Waals surface area (Å²) in [5, 5.41) is 0. The highest BCUT2D eigenvalue weighted by Crippen LogP contribution is 2.32. The van der Waals surface area contributed by atoms with Gasteiger partial charge in [-0.1, -0.05) is 6.92 Å². The van der Waals surface area contributed by atoms with Gasteiger partial charge in [0, 0.05) is 12.1 Å². The Morgan fingerprint density at radius 1 is 1.38 bits per heavy atom. The van der Waals surface area contributed by atoms with Gasteiger partial charge in [0.05, 0.1) is 15.7 Å². The minimum atomic E-state index is -1.02. The van der Waals surface area contributed by atoms with Gasteiger partial charge in [-0.2, -0.15) is 0 Å². The molecule has 0 aromatic rings. The Balaban J connectivity index is 2.65. The van der Waals surface area contributed by atoms with Crippen molar-refractivity contribution in [2.24, 2.45) is 11.7 Å². The molecule has 1 aliphatic carbocycles. The molecule has 1 aliphatic rings. The van der Waals surface area contributed by atoms with Crippen LogP contribution in [0, 0.1) is 5.92 Å². The Hall–Kier alpha value is 0.0700. The Morgan fingerprint density at radius 2 is 1.88 bits per heavy atom. The molecule has 3 nitrogen and oxygen atoms in total. The van der Waals surface area contributed by atoms with Gasteiger partial charge in [0.1, 0.15) is 0 Å². The number of nitrogens with one attached hydrogen (secondary N) is 1. The van der Waals surface area contributed by atoms with Gasteiger partial charge in [-0.05, 0) is 52.4 Å². The fourth-order valence-corrected chi connectivity index (χ4v) is 3.00. The molecule has 0 bridgehead atoms. The predicted octanol–water partition coefficient (Wildman–Crippen LogP) is 1.95. The van der Waals surface area contributed by atoms with Crippen molar-refractivity contribution >= 4 is 11.0 Å². The number of nitrogens with two attached hydrogens (primary N) is 1. The lowest BCUT2D eigenvalue weighted by Crippen LogP contribution is -2.56. The monoisotopic (exact) mass is 246 g/mol. The van der Waals surface area contributed by atoms with Gasteiger partial charge in [-0.15, -0.1) is 0 Å². The quantitative estimate of drug-likeness (QED) is 0.799. The van der Waals surface area contributed by atoms with Crippen molar-refractivity contribution in [3.8, 4) is 0 Å². The van der Waals surface area contributed by atoms with Crippen molar-refractivity contribution in [3.63, 3.8) is 0 Å². The normalized spacial score (nSPS) is 33.7. The summed E-state index contributed by atoms with van der Waals surface area (Å²) in [6.07, 6.45) is 4.47. The molecule has 96 valence electrons. The minimum absolute atomic E-state index is 0.0926. The standard InChI is InChI=1S/C12H26N2OS/c1-10-5-7-12(9-13,8-6-10)14-16(15)11(2,3)4/h10,14H,5-9,13H2,1-4H3/t10?,12?,16-/m0/s1. The Bertz CT molecular complexity index is 252. The van der Waals surface area contributed by atoms with Crippen molar-refractivity contribution in [1.82, 2.24) is 4.72 Å². The van der Waals surface area contributed by atoms with Gasteiger partial charge in [-0.3, -0.25) is 0 Å². The molecule has 0 spiro atoms. The van der Waals surface area contributed by atoms with Crippen molar-refractivity contribution < 1.29 is 4.21 Å². The minimum Gasteiger partial charge on any atom is -0.329 e. The van der Waals surface area contributed by atoms with Crippen LogP contribution in [-0.2, 0) is 11.0 Å². The molecule has 1 atom stereocenters. The molecule has 1 saturated carbocycles. The molecular weight excluding hydrogens is 220 g/mol. The molecule has 1 fully saturated rings. The van der Waals surface area contributed by atoms with E-state index in [1.807, 2.05) is 20.8 Å². The lowest BCUT2D eigenvalue weighted by molar-refractivity contribution is 0.233. The maximum Gasteiger partial charge on any atom is 0.0975 e. The average Bonchev–Trinajstić information content (AvgIpc) is 2.20. The van der Waals surface area contributed by atoms with Crippen LogP contribution in [0.2, 0.25) is 0 Å². The van der Waals surface area contributed by atoms with Crippen LogP contribution in [0.25, 0.3) is 0 Å². The van der Waals surface area contributed by atoms with E-state index in [4.69, 9.17) is 5.73 Å². The Morgan fingerprint density at radius 3 is 2.25 bits per heavy atom. The van der Waals surface area contributed by atoms with Crippen molar-refractivity contribution in [3.05, 3.63) is 0 Å². The maximum atomic E-state index is 12.1. The fraction of sp³-hybridized carbons (Fsp3) is 1.00. The fourth-order valence-electron chi connectivity index (χ4n) is 2.01.